The zero-order chi connectivity index (χ0) is 51.4. The number of aliphatic hydroxyl groups excluding tert-OH is 1. The van der Waals surface area contributed by atoms with E-state index in [1.165, 1.54) is 19.1 Å². The van der Waals surface area contributed by atoms with Crippen molar-refractivity contribution in [2.45, 2.75) is 180 Å². The summed E-state index contributed by atoms with van der Waals surface area (Å²) >= 11 is 0. The van der Waals surface area contributed by atoms with Crippen molar-refractivity contribution in [3.05, 3.63) is 47.6 Å². The summed E-state index contributed by atoms with van der Waals surface area (Å²) in [6, 6.07) is -1.18. The second-order valence-electron chi connectivity index (χ2n) is 20.3. The van der Waals surface area contributed by atoms with Gasteiger partial charge in [0.05, 0.1) is 24.4 Å². The predicted octanol–water partition coefficient (Wildman–Crippen LogP) is 6.23. The Labute approximate surface area is 409 Å². The number of aliphatic hydroxyl groups is 2. The number of esters is 1. The number of ether oxygens (including phenoxy) is 5. The van der Waals surface area contributed by atoms with E-state index in [2.05, 4.69) is 0 Å². The van der Waals surface area contributed by atoms with Gasteiger partial charge < -0.3 is 43.3 Å². The molecule has 69 heavy (non-hydrogen) atoms. The molecule has 17 nitrogen and oxygen atoms in total. The van der Waals surface area contributed by atoms with E-state index < -0.39 is 104 Å². The Balaban J connectivity index is 1.70. The fourth-order valence-electron chi connectivity index (χ4n) is 10.4. The molecule has 3 fully saturated rings. The van der Waals surface area contributed by atoms with Crippen LogP contribution in [0.5, 0.6) is 0 Å². The van der Waals surface area contributed by atoms with Gasteiger partial charge in [0.1, 0.15) is 30.1 Å². The standard InChI is InChI=1S/C51H82N3O14P/c1-30-16-12-11-13-17-31(2)42(63-8)28-38-21-19-36(7)51(61,67-38)48(58)49(59)54-23-15-14-18-39(54)50(60)66-43(33(4)26-37-20-22-41(44(27-37)64-9)68-69(52,53)62)29-40(55)32(3)25-35(6)46(57)47(65-10)45(56)34(5)24-30/h11-13,16-17,25,30,32-34,36-39,41-44,46-47,57,61H,14-15,18-24,26-29H2,1-10H3,(H4,52,53,62)/b13-11+,16-12+,31-17+,35-25+/t30-,32-,33-,34-,36-,37+,38+,39+,41-,42+,43?,44-,46-,47+,51-/m1/s1. The molecule has 1 unspecified atom stereocenters. The van der Waals surface area contributed by atoms with Gasteiger partial charge in [0.25, 0.3) is 11.7 Å². The van der Waals surface area contributed by atoms with Crippen LogP contribution < -0.4 is 11.0 Å². The molecule has 0 aromatic carbocycles. The largest absolute Gasteiger partial charge is 0.460 e. The van der Waals surface area contributed by atoms with Crippen LogP contribution in [-0.4, -0.2) is 127 Å². The summed E-state index contributed by atoms with van der Waals surface area (Å²) in [5, 5.41) is 23.4. The van der Waals surface area contributed by atoms with E-state index in [1.54, 1.807) is 40.9 Å². The van der Waals surface area contributed by atoms with E-state index in [0.29, 0.717) is 69.8 Å². The van der Waals surface area contributed by atoms with E-state index in [-0.39, 0.29) is 42.8 Å². The first-order valence-corrected chi connectivity index (χ1v) is 26.5. The van der Waals surface area contributed by atoms with Crippen molar-refractivity contribution in [1.29, 1.82) is 0 Å². The number of cyclic esters (lactones) is 1. The van der Waals surface area contributed by atoms with Crippen molar-refractivity contribution in [3.8, 4) is 0 Å². The molecule has 2 bridgehead atoms. The number of ketones is 3. The summed E-state index contributed by atoms with van der Waals surface area (Å²) in [7, 11) is 0.659. The lowest BCUT2D eigenvalue weighted by atomic mass is 9.78. The molecule has 4 rings (SSSR count). The second-order valence-corrected chi connectivity index (χ2v) is 21.8. The van der Waals surface area contributed by atoms with Crippen LogP contribution >= 0.6 is 7.67 Å². The van der Waals surface area contributed by atoms with Crippen LogP contribution in [-0.2, 0) is 56.7 Å². The smallest absolute Gasteiger partial charge is 0.335 e. The Morgan fingerprint density at radius 3 is 2.23 bits per heavy atom. The van der Waals surface area contributed by atoms with Gasteiger partial charge in [-0.1, -0.05) is 71.1 Å². The molecule has 6 N–H and O–H groups in total. The third kappa shape index (κ3) is 16.1. The molecule has 18 heteroatoms. The van der Waals surface area contributed by atoms with Crippen LogP contribution in [0.4, 0.5) is 0 Å². The summed E-state index contributed by atoms with van der Waals surface area (Å²) in [4.78, 5) is 72.1. The van der Waals surface area contributed by atoms with Gasteiger partial charge in [0.2, 0.25) is 5.79 Å². The molecule has 2 saturated heterocycles. The Morgan fingerprint density at radius 1 is 0.870 bits per heavy atom. The van der Waals surface area contributed by atoms with E-state index in [0.717, 1.165) is 5.57 Å². The number of amides is 1. The maximum absolute atomic E-state index is 14.5. The Morgan fingerprint density at radius 2 is 1.58 bits per heavy atom. The number of allylic oxidation sites excluding steroid dienone is 6. The molecule has 1 aliphatic carbocycles. The number of hydrogen-bond acceptors (Lipinski definition) is 14. The number of rotatable bonds is 8. The molecule has 0 radical (unpaired) electrons. The van der Waals surface area contributed by atoms with Crippen molar-refractivity contribution in [2.24, 2.45) is 46.5 Å². The minimum absolute atomic E-state index is 0.00261. The third-order valence-corrected chi connectivity index (χ3v) is 15.4. The molecule has 390 valence electrons. The zero-order valence-electron chi connectivity index (χ0n) is 42.6. The zero-order valence-corrected chi connectivity index (χ0v) is 43.5. The molecule has 0 aromatic rings. The van der Waals surface area contributed by atoms with E-state index >= 15 is 0 Å². The summed E-state index contributed by atoms with van der Waals surface area (Å²) in [5.74, 6) is -8.41. The number of nitrogens with two attached hydrogens (primary N) is 2. The number of fused-ring (bicyclic) bond motifs is 3. The van der Waals surface area contributed by atoms with Crippen molar-refractivity contribution < 1.29 is 67.0 Å². The number of methoxy groups -OCH3 is 3. The minimum atomic E-state index is -3.79. The van der Waals surface area contributed by atoms with Crippen LogP contribution in [0.2, 0.25) is 0 Å². The van der Waals surface area contributed by atoms with Gasteiger partial charge in [-0.2, -0.15) is 0 Å². The lowest BCUT2D eigenvalue weighted by Gasteiger charge is -2.42. The number of piperidine rings is 1. The monoisotopic (exact) mass is 992 g/mol. The lowest BCUT2D eigenvalue weighted by molar-refractivity contribution is -0.265. The highest BCUT2D eigenvalue weighted by molar-refractivity contribution is 7.53. The lowest BCUT2D eigenvalue weighted by Crippen LogP contribution is -2.61. The molecule has 0 spiro atoms. The SMILES string of the molecule is CO[C@H]1C[C@@H]2CC[C@@H](C)[C@@](O)(O2)C(=O)C(=O)N2CCCC[C@H]2C(=O)OC([C@H](C)C[C@@H]2CC[C@@H](OP(N)(N)=O)[C@H](OC)C2)CC(=O)[C@H](C)/C=C(\C)[C@@H](O)[C@@H](OC)C(=O)[C@H](C)C[C@H](C)/C=C/C=C/C=C/1C. The maximum atomic E-state index is 14.5. The fourth-order valence-corrected chi connectivity index (χ4v) is 11.1. The highest BCUT2D eigenvalue weighted by Gasteiger charge is 2.53. The first-order chi connectivity index (χ1) is 32.4. The van der Waals surface area contributed by atoms with Crippen LogP contribution in [0.3, 0.4) is 0 Å². The van der Waals surface area contributed by atoms with E-state index in [9.17, 15) is 38.8 Å². The number of Topliss-reactive ketones (excluding diaryl/α,β-unsaturated/α-hetero) is 3. The second kappa shape index (κ2) is 26.5. The maximum Gasteiger partial charge on any atom is 0.335 e. The molecule has 0 aromatic heterocycles. The predicted molar refractivity (Wildman–Crippen MR) is 260 cm³/mol. The van der Waals surface area contributed by atoms with Gasteiger partial charge in [-0.3, -0.25) is 23.7 Å². The van der Waals surface area contributed by atoms with Gasteiger partial charge in [-0.15, -0.1) is 0 Å². The van der Waals surface area contributed by atoms with Gasteiger partial charge in [0, 0.05) is 58.5 Å². The molecule has 4 aliphatic rings. The highest BCUT2D eigenvalue weighted by Crippen LogP contribution is 2.41. The number of carbonyl (C=O) groups excluding carboxylic acids is 5. The summed E-state index contributed by atoms with van der Waals surface area (Å²) < 4.78 is 47.1. The van der Waals surface area contributed by atoms with Gasteiger partial charge in [-0.25, -0.2) is 15.8 Å². The third-order valence-electron chi connectivity index (χ3n) is 14.8. The van der Waals surface area contributed by atoms with Gasteiger partial charge >= 0.3 is 13.6 Å². The summed E-state index contributed by atoms with van der Waals surface area (Å²) in [5.41, 5.74) is 12.3. The van der Waals surface area contributed by atoms with Crippen LogP contribution in [0, 0.1) is 35.5 Å². The Bertz CT molecular complexity index is 1950. The van der Waals surface area contributed by atoms with Crippen molar-refractivity contribution in [1.82, 2.24) is 4.90 Å². The van der Waals surface area contributed by atoms with E-state index in [4.69, 9.17) is 39.2 Å². The first-order valence-electron chi connectivity index (χ1n) is 24.8. The Kier molecular flexibility index (Phi) is 22.4. The molecule has 1 saturated carbocycles. The molecule has 3 aliphatic heterocycles. The average Bonchev–Trinajstić information content (AvgIpc) is 3.30. The summed E-state index contributed by atoms with van der Waals surface area (Å²) in [6.07, 6.45) is 10.2. The van der Waals surface area contributed by atoms with Crippen molar-refractivity contribution in [2.75, 3.05) is 27.9 Å². The van der Waals surface area contributed by atoms with Crippen LogP contribution in [0.1, 0.15) is 126 Å². The quantitative estimate of drug-likeness (QED) is 0.0910. The van der Waals surface area contributed by atoms with E-state index in [1.807, 2.05) is 51.2 Å². The summed E-state index contributed by atoms with van der Waals surface area (Å²) in [6.45, 7) is 12.6. The highest BCUT2D eigenvalue weighted by atomic mass is 31.2. The minimum Gasteiger partial charge on any atom is -0.460 e. The normalized spacial score (nSPS) is 39.0. The molecule has 3 heterocycles. The van der Waals surface area contributed by atoms with Gasteiger partial charge in [0.15, 0.2) is 5.78 Å². The number of hydrogen-bond donors (Lipinski definition) is 4. The molecular weight excluding hydrogens is 910 g/mol. The average molecular weight is 992 g/mol. The van der Waals surface area contributed by atoms with Crippen molar-refractivity contribution >= 4 is 36.9 Å². The molecule has 1 amide bonds. The number of carbonyl (C=O) groups is 5. The van der Waals surface area contributed by atoms with Crippen LogP contribution in [0.25, 0.3) is 0 Å². The van der Waals surface area contributed by atoms with Crippen molar-refractivity contribution in [3.63, 3.8) is 0 Å². The Hall–Kier alpha value is -3.22. The van der Waals surface area contributed by atoms with Gasteiger partial charge in [-0.05, 0) is 107 Å². The first kappa shape index (κ1) is 58.4. The van der Waals surface area contributed by atoms with Crippen LogP contribution in [0.15, 0.2) is 47.6 Å². The topological polar surface area (TPSA) is 254 Å². The fraction of sp³-hybridized carbons (Fsp3) is 0.745. The molecule has 15 atom stereocenters. The molecular formula is C51H82N3O14P. The number of nitrogens with zero attached hydrogens (tertiary/aromatic N) is 1.